The fraction of sp³-hybridized carbons (Fsp3) is 0.471. The molecule has 4 heteroatoms. The average molecular weight is 289 g/mol. The molecule has 0 aliphatic carbocycles. The van der Waals surface area contributed by atoms with Crippen molar-refractivity contribution in [3.05, 3.63) is 34.9 Å². The van der Waals surface area contributed by atoms with Gasteiger partial charge < -0.3 is 14.7 Å². The molecule has 114 valence electrons. The number of benzene rings is 1. The van der Waals surface area contributed by atoms with Crippen LogP contribution in [0, 0.1) is 18.8 Å². The smallest absolute Gasteiger partial charge is 0.253 e. The lowest BCUT2D eigenvalue weighted by molar-refractivity contribution is 0.0706. The minimum Gasteiger partial charge on any atom is -0.395 e. The van der Waals surface area contributed by atoms with E-state index in [1.165, 1.54) is 0 Å². The summed E-state index contributed by atoms with van der Waals surface area (Å²) in [5, 5.41) is 8.77. The molecular formula is C17H23NO3. The summed E-state index contributed by atoms with van der Waals surface area (Å²) in [6, 6.07) is 5.54. The maximum atomic E-state index is 12.5. The molecular weight excluding hydrogens is 266 g/mol. The van der Waals surface area contributed by atoms with Gasteiger partial charge >= 0.3 is 0 Å². The van der Waals surface area contributed by atoms with Crippen LogP contribution in [0.3, 0.4) is 0 Å². The van der Waals surface area contributed by atoms with E-state index in [0.717, 1.165) is 11.1 Å². The monoisotopic (exact) mass is 289 g/mol. The van der Waals surface area contributed by atoms with E-state index < -0.39 is 0 Å². The number of likely N-dealkylation sites (N-methyl/N-ethyl adjacent to an activating group) is 1. The fourth-order valence-corrected chi connectivity index (χ4v) is 1.89. The van der Waals surface area contributed by atoms with Crippen LogP contribution < -0.4 is 0 Å². The van der Waals surface area contributed by atoms with Crippen LogP contribution in [0.5, 0.6) is 0 Å². The first-order chi connectivity index (χ1) is 10.1. The highest BCUT2D eigenvalue weighted by atomic mass is 16.5. The summed E-state index contributed by atoms with van der Waals surface area (Å²) in [4.78, 5) is 14.2. The molecule has 1 aromatic carbocycles. The summed E-state index contributed by atoms with van der Waals surface area (Å²) < 4.78 is 5.03. The van der Waals surface area contributed by atoms with Crippen molar-refractivity contribution in [1.29, 1.82) is 0 Å². The van der Waals surface area contributed by atoms with Crippen LogP contribution >= 0.6 is 0 Å². The van der Waals surface area contributed by atoms with Crippen molar-refractivity contribution in [1.82, 2.24) is 4.90 Å². The maximum absolute atomic E-state index is 12.5. The minimum atomic E-state index is -0.0141. The summed E-state index contributed by atoms with van der Waals surface area (Å²) in [6.45, 7) is 5.69. The Labute approximate surface area is 126 Å². The molecule has 1 rings (SSSR count). The van der Waals surface area contributed by atoms with Crippen LogP contribution in [0.4, 0.5) is 0 Å². The van der Waals surface area contributed by atoms with Crippen molar-refractivity contribution in [2.24, 2.45) is 0 Å². The van der Waals surface area contributed by atoms with Crippen LogP contribution in [0.25, 0.3) is 0 Å². The Hall–Kier alpha value is -1.83. The summed E-state index contributed by atoms with van der Waals surface area (Å²) in [5.41, 5.74) is 2.49. The minimum absolute atomic E-state index is 0.0141. The molecule has 0 radical (unpaired) electrons. The van der Waals surface area contributed by atoms with Gasteiger partial charge in [0, 0.05) is 37.7 Å². The zero-order chi connectivity index (χ0) is 15.7. The summed E-state index contributed by atoms with van der Waals surface area (Å²) >= 11 is 0. The van der Waals surface area contributed by atoms with Crippen molar-refractivity contribution in [2.75, 3.05) is 33.4 Å². The van der Waals surface area contributed by atoms with E-state index in [4.69, 9.17) is 9.84 Å². The number of methoxy groups -OCH3 is 1. The Bertz CT molecular complexity index is 529. The van der Waals surface area contributed by atoms with E-state index in [-0.39, 0.29) is 12.5 Å². The van der Waals surface area contributed by atoms with Gasteiger partial charge in [0.2, 0.25) is 0 Å². The molecule has 21 heavy (non-hydrogen) atoms. The second-order valence-corrected chi connectivity index (χ2v) is 4.68. The number of carbonyl (C=O) groups excluding carboxylic acids is 1. The topological polar surface area (TPSA) is 49.8 Å². The lowest BCUT2D eigenvalue weighted by Gasteiger charge is -2.20. The number of aliphatic hydroxyl groups is 1. The van der Waals surface area contributed by atoms with Gasteiger partial charge in [-0.1, -0.05) is 17.9 Å². The van der Waals surface area contributed by atoms with E-state index in [2.05, 4.69) is 11.8 Å². The van der Waals surface area contributed by atoms with Gasteiger partial charge in [-0.3, -0.25) is 4.79 Å². The third kappa shape index (κ3) is 5.22. The van der Waals surface area contributed by atoms with Gasteiger partial charge in [0.25, 0.3) is 5.91 Å². The van der Waals surface area contributed by atoms with Crippen molar-refractivity contribution >= 4 is 5.91 Å². The third-order valence-electron chi connectivity index (χ3n) is 3.18. The Morgan fingerprint density at radius 1 is 1.43 bits per heavy atom. The Balaban J connectivity index is 2.95. The van der Waals surface area contributed by atoms with E-state index in [0.29, 0.717) is 31.7 Å². The van der Waals surface area contributed by atoms with Gasteiger partial charge in [-0.15, -0.1) is 0 Å². The first-order valence-corrected chi connectivity index (χ1v) is 7.12. The zero-order valence-corrected chi connectivity index (χ0v) is 13.0. The number of aliphatic hydroxyl groups excluding tert-OH is 1. The van der Waals surface area contributed by atoms with E-state index in [1.54, 1.807) is 12.0 Å². The lowest BCUT2D eigenvalue weighted by Crippen LogP contribution is -2.33. The summed E-state index contributed by atoms with van der Waals surface area (Å²) in [5.74, 6) is 5.88. The molecule has 0 fully saturated rings. The highest BCUT2D eigenvalue weighted by molar-refractivity contribution is 5.94. The molecule has 0 aromatic heterocycles. The molecule has 1 amide bonds. The van der Waals surface area contributed by atoms with E-state index in [9.17, 15) is 4.79 Å². The highest BCUT2D eigenvalue weighted by Gasteiger charge is 2.14. The molecule has 0 unspecified atom stereocenters. The number of hydrogen-bond donors (Lipinski definition) is 1. The van der Waals surface area contributed by atoms with Crippen molar-refractivity contribution < 1.29 is 14.6 Å². The SMILES string of the molecule is CCN(CCOC)C(=O)c1ccc(C)c(C#CCCO)c1. The first-order valence-electron chi connectivity index (χ1n) is 7.12. The van der Waals surface area contributed by atoms with Crippen LogP contribution in [-0.2, 0) is 4.74 Å². The molecule has 0 aliphatic heterocycles. The van der Waals surface area contributed by atoms with Gasteiger partial charge in [-0.25, -0.2) is 0 Å². The number of nitrogens with zero attached hydrogens (tertiary/aromatic N) is 1. The second kappa shape index (κ2) is 9.17. The van der Waals surface area contributed by atoms with E-state index in [1.807, 2.05) is 32.0 Å². The largest absolute Gasteiger partial charge is 0.395 e. The van der Waals surface area contributed by atoms with Gasteiger partial charge in [-0.2, -0.15) is 0 Å². The molecule has 0 saturated carbocycles. The third-order valence-corrected chi connectivity index (χ3v) is 3.18. The van der Waals surface area contributed by atoms with Crippen LogP contribution in [0.2, 0.25) is 0 Å². The molecule has 0 atom stereocenters. The Morgan fingerprint density at radius 2 is 2.19 bits per heavy atom. The molecule has 1 aromatic rings. The normalized spacial score (nSPS) is 9.90. The molecule has 0 spiro atoms. The standard InChI is InChI=1S/C17H23NO3/c1-4-18(10-12-21-3)17(20)16-9-8-14(2)15(13-16)7-5-6-11-19/h8-9,13,19H,4,6,10-12H2,1-3H3. The maximum Gasteiger partial charge on any atom is 0.253 e. The van der Waals surface area contributed by atoms with Gasteiger partial charge in [0.1, 0.15) is 0 Å². The number of rotatable bonds is 6. The van der Waals surface area contributed by atoms with E-state index >= 15 is 0 Å². The molecule has 0 aliphatic rings. The van der Waals surface area contributed by atoms with Gasteiger partial charge in [-0.05, 0) is 31.5 Å². The van der Waals surface area contributed by atoms with Crippen molar-refractivity contribution in [3.8, 4) is 11.8 Å². The molecule has 0 saturated heterocycles. The molecule has 0 heterocycles. The average Bonchev–Trinajstić information content (AvgIpc) is 2.50. The van der Waals surface area contributed by atoms with Crippen LogP contribution in [0.15, 0.2) is 18.2 Å². The predicted molar refractivity (Wildman–Crippen MR) is 83.2 cm³/mol. The van der Waals surface area contributed by atoms with Gasteiger partial charge in [0.05, 0.1) is 13.2 Å². The highest BCUT2D eigenvalue weighted by Crippen LogP contribution is 2.12. The molecule has 0 bridgehead atoms. The second-order valence-electron chi connectivity index (χ2n) is 4.68. The number of amides is 1. The Morgan fingerprint density at radius 3 is 2.81 bits per heavy atom. The molecule has 1 N–H and O–H groups in total. The predicted octanol–water partition coefficient (Wildman–Crippen LogP) is 1.84. The Kier molecular flexibility index (Phi) is 7.52. The van der Waals surface area contributed by atoms with Gasteiger partial charge in [0.15, 0.2) is 0 Å². The lowest BCUT2D eigenvalue weighted by atomic mass is 10.0. The van der Waals surface area contributed by atoms with Crippen molar-refractivity contribution in [3.63, 3.8) is 0 Å². The van der Waals surface area contributed by atoms with Crippen LogP contribution in [0.1, 0.15) is 34.8 Å². The number of ether oxygens (including phenoxy) is 1. The number of carbonyl (C=O) groups is 1. The number of aryl methyl sites for hydroxylation is 1. The first kappa shape index (κ1) is 17.2. The summed E-state index contributed by atoms with van der Waals surface area (Å²) in [6.07, 6.45) is 0.437. The van der Waals surface area contributed by atoms with Crippen LogP contribution in [-0.4, -0.2) is 49.3 Å². The quantitative estimate of drug-likeness (QED) is 0.813. The van der Waals surface area contributed by atoms with Crippen molar-refractivity contribution in [2.45, 2.75) is 20.3 Å². The summed E-state index contributed by atoms with van der Waals surface area (Å²) in [7, 11) is 1.62. The molecule has 4 nitrogen and oxygen atoms in total. The zero-order valence-electron chi connectivity index (χ0n) is 13.0. The fourth-order valence-electron chi connectivity index (χ4n) is 1.89. The number of hydrogen-bond acceptors (Lipinski definition) is 3.